The Balaban J connectivity index is 2.81. The lowest BCUT2D eigenvalue weighted by Crippen LogP contribution is -2.01. The molecule has 0 unspecified atom stereocenters. The molecule has 5 heteroatoms. The zero-order chi connectivity index (χ0) is 10.6. The van der Waals surface area contributed by atoms with Crippen LogP contribution in [0.1, 0.15) is 12.5 Å². The third-order valence-electron chi connectivity index (χ3n) is 1.50. The molecule has 0 radical (unpaired) electrons. The van der Waals surface area contributed by atoms with E-state index in [1.807, 2.05) is 30.3 Å². The van der Waals surface area contributed by atoms with Crippen LogP contribution in [0.5, 0.6) is 0 Å². The molecular weight excluding hydrogens is 202 g/mol. The highest BCUT2D eigenvalue weighted by molar-refractivity contribution is 7.85. The molecule has 0 N–H and O–H groups in total. The molecule has 0 aliphatic carbocycles. The SMILES string of the molecule is CC(=NOS(C)(=O)=O)c1ccccc1. The lowest BCUT2D eigenvalue weighted by Gasteiger charge is -1.99. The van der Waals surface area contributed by atoms with Gasteiger partial charge in [-0.3, -0.25) is 4.28 Å². The monoisotopic (exact) mass is 213 g/mol. The van der Waals surface area contributed by atoms with Gasteiger partial charge in [-0.15, -0.1) is 0 Å². The Kier molecular flexibility index (Phi) is 3.24. The first-order valence-corrected chi connectivity index (χ1v) is 5.79. The molecule has 0 aromatic heterocycles. The third-order valence-corrected chi connectivity index (χ3v) is 1.85. The maximum Gasteiger partial charge on any atom is 0.325 e. The first-order valence-electron chi connectivity index (χ1n) is 3.98. The highest BCUT2D eigenvalue weighted by Crippen LogP contribution is 2.01. The first-order chi connectivity index (χ1) is 6.49. The van der Waals surface area contributed by atoms with E-state index >= 15 is 0 Å². The fourth-order valence-corrected chi connectivity index (χ4v) is 1.10. The number of hydrogen-bond donors (Lipinski definition) is 0. The molecule has 0 atom stereocenters. The van der Waals surface area contributed by atoms with E-state index in [4.69, 9.17) is 0 Å². The predicted molar refractivity (Wildman–Crippen MR) is 54.6 cm³/mol. The fraction of sp³-hybridized carbons (Fsp3) is 0.222. The van der Waals surface area contributed by atoms with Crippen LogP contribution >= 0.6 is 0 Å². The third kappa shape index (κ3) is 3.57. The molecule has 0 fully saturated rings. The Hall–Kier alpha value is -1.36. The minimum absolute atomic E-state index is 0.524. The average Bonchev–Trinajstić information content (AvgIpc) is 2.14. The number of oxime groups is 1. The van der Waals surface area contributed by atoms with E-state index in [1.54, 1.807) is 6.92 Å². The minimum atomic E-state index is -3.51. The van der Waals surface area contributed by atoms with E-state index in [0.29, 0.717) is 5.71 Å². The zero-order valence-electron chi connectivity index (χ0n) is 7.97. The lowest BCUT2D eigenvalue weighted by atomic mass is 10.1. The second-order valence-corrected chi connectivity index (χ2v) is 4.38. The summed E-state index contributed by atoms with van der Waals surface area (Å²) in [6.45, 7) is 1.68. The minimum Gasteiger partial charge on any atom is -0.268 e. The Labute approximate surface area is 83.3 Å². The highest BCUT2D eigenvalue weighted by Gasteiger charge is 2.01. The van der Waals surface area contributed by atoms with Gasteiger partial charge >= 0.3 is 10.1 Å². The quantitative estimate of drug-likeness (QED) is 0.563. The second-order valence-electron chi connectivity index (χ2n) is 2.82. The Morgan fingerprint density at radius 3 is 2.36 bits per heavy atom. The molecule has 14 heavy (non-hydrogen) atoms. The molecular formula is C9H11NO3S. The van der Waals surface area contributed by atoms with E-state index in [0.717, 1.165) is 11.8 Å². The summed E-state index contributed by atoms with van der Waals surface area (Å²) in [5.41, 5.74) is 1.35. The highest BCUT2D eigenvalue weighted by atomic mass is 32.2. The van der Waals surface area contributed by atoms with E-state index < -0.39 is 10.1 Å². The van der Waals surface area contributed by atoms with Gasteiger partial charge in [0.15, 0.2) is 0 Å². The van der Waals surface area contributed by atoms with Gasteiger partial charge < -0.3 is 0 Å². The Morgan fingerprint density at radius 1 is 1.29 bits per heavy atom. The number of nitrogens with zero attached hydrogens (tertiary/aromatic N) is 1. The molecule has 4 nitrogen and oxygen atoms in total. The van der Waals surface area contributed by atoms with Gasteiger partial charge in [-0.1, -0.05) is 35.5 Å². The van der Waals surface area contributed by atoms with Gasteiger partial charge in [0, 0.05) is 0 Å². The average molecular weight is 213 g/mol. The van der Waals surface area contributed by atoms with Crippen molar-refractivity contribution >= 4 is 15.8 Å². The van der Waals surface area contributed by atoms with Crippen molar-refractivity contribution < 1.29 is 12.7 Å². The smallest absolute Gasteiger partial charge is 0.268 e. The molecule has 0 amide bonds. The molecule has 1 rings (SSSR count). The van der Waals surface area contributed by atoms with Crippen LogP contribution in [0.25, 0.3) is 0 Å². The maximum atomic E-state index is 10.6. The standard InChI is InChI=1S/C9H11NO3S/c1-8(10-13-14(2,11)12)9-6-4-3-5-7-9/h3-7H,1-2H3. The molecule has 1 aromatic carbocycles. The predicted octanol–water partition coefficient (Wildman–Crippen LogP) is 1.39. The van der Waals surface area contributed by atoms with Crippen LogP contribution in [0, 0.1) is 0 Å². The normalized spacial score (nSPS) is 12.6. The van der Waals surface area contributed by atoms with Gasteiger partial charge in [-0.05, 0) is 12.5 Å². The van der Waals surface area contributed by atoms with Crippen LogP contribution in [0.2, 0.25) is 0 Å². The summed E-state index contributed by atoms with van der Waals surface area (Å²) in [5.74, 6) is 0. The number of hydrogen-bond acceptors (Lipinski definition) is 4. The summed E-state index contributed by atoms with van der Waals surface area (Å²) in [6, 6.07) is 9.20. The Morgan fingerprint density at radius 2 is 1.86 bits per heavy atom. The van der Waals surface area contributed by atoms with E-state index in [-0.39, 0.29) is 0 Å². The molecule has 1 aromatic rings. The number of benzene rings is 1. The van der Waals surface area contributed by atoms with Crippen molar-refractivity contribution in [3.8, 4) is 0 Å². The van der Waals surface area contributed by atoms with Crippen LogP contribution in [-0.4, -0.2) is 20.4 Å². The Bertz CT molecular complexity index is 423. The topological polar surface area (TPSA) is 55.7 Å². The summed E-state index contributed by atoms with van der Waals surface area (Å²) in [6.07, 6.45) is 0.953. The van der Waals surface area contributed by atoms with Crippen molar-refractivity contribution in [1.29, 1.82) is 0 Å². The van der Waals surface area contributed by atoms with Crippen LogP contribution in [0.15, 0.2) is 35.5 Å². The molecule has 0 saturated heterocycles. The second kappa shape index (κ2) is 4.23. The van der Waals surface area contributed by atoms with E-state index in [1.165, 1.54) is 0 Å². The van der Waals surface area contributed by atoms with Crippen LogP contribution < -0.4 is 0 Å². The molecule has 0 aliphatic rings. The van der Waals surface area contributed by atoms with Gasteiger partial charge in [0.25, 0.3) is 0 Å². The maximum absolute atomic E-state index is 10.6. The molecule has 0 spiro atoms. The lowest BCUT2D eigenvalue weighted by molar-refractivity contribution is 0.343. The molecule has 0 aliphatic heterocycles. The molecule has 0 saturated carbocycles. The summed E-state index contributed by atoms with van der Waals surface area (Å²) in [7, 11) is -3.51. The van der Waals surface area contributed by atoms with Crippen LogP contribution in [-0.2, 0) is 14.4 Å². The van der Waals surface area contributed by atoms with E-state index in [2.05, 4.69) is 9.44 Å². The van der Waals surface area contributed by atoms with Crippen molar-refractivity contribution in [2.45, 2.75) is 6.92 Å². The first kappa shape index (κ1) is 10.7. The van der Waals surface area contributed by atoms with Crippen molar-refractivity contribution in [3.05, 3.63) is 35.9 Å². The summed E-state index contributed by atoms with van der Waals surface area (Å²) < 4.78 is 25.6. The molecule has 76 valence electrons. The van der Waals surface area contributed by atoms with Gasteiger partial charge in [0.05, 0.1) is 12.0 Å². The molecule has 0 bridgehead atoms. The van der Waals surface area contributed by atoms with Crippen molar-refractivity contribution in [2.24, 2.45) is 5.16 Å². The van der Waals surface area contributed by atoms with Crippen molar-refractivity contribution in [1.82, 2.24) is 0 Å². The summed E-state index contributed by atoms with van der Waals surface area (Å²) in [5, 5.41) is 3.49. The zero-order valence-corrected chi connectivity index (χ0v) is 8.78. The van der Waals surface area contributed by atoms with E-state index in [9.17, 15) is 8.42 Å². The van der Waals surface area contributed by atoms with Gasteiger partial charge in [0.2, 0.25) is 0 Å². The van der Waals surface area contributed by atoms with Gasteiger partial charge in [-0.2, -0.15) is 8.42 Å². The van der Waals surface area contributed by atoms with Crippen LogP contribution in [0.3, 0.4) is 0 Å². The van der Waals surface area contributed by atoms with Gasteiger partial charge in [0.1, 0.15) is 0 Å². The fourth-order valence-electron chi connectivity index (χ4n) is 0.856. The molecule has 0 heterocycles. The largest absolute Gasteiger partial charge is 0.325 e. The van der Waals surface area contributed by atoms with Crippen LogP contribution in [0.4, 0.5) is 0 Å². The number of rotatable bonds is 3. The van der Waals surface area contributed by atoms with Crippen molar-refractivity contribution in [3.63, 3.8) is 0 Å². The van der Waals surface area contributed by atoms with Gasteiger partial charge in [-0.25, -0.2) is 0 Å². The summed E-state index contributed by atoms with van der Waals surface area (Å²) in [4.78, 5) is 0. The van der Waals surface area contributed by atoms with Crippen molar-refractivity contribution in [2.75, 3.05) is 6.26 Å². The summed E-state index contributed by atoms with van der Waals surface area (Å²) >= 11 is 0.